The summed E-state index contributed by atoms with van der Waals surface area (Å²) in [6.07, 6.45) is 4.02. The minimum atomic E-state index is -1.37. The highest BCUT2D eigenvalue weighted by Gasteiger charge is 2.25. The first-order chi connectivity index (χ1) is 9.49. The summed E-state index contributed by atoms with van der Waals surface area (Å²) in [5.41, 5.74) is -1.36. The Morgan fingerprint density at radius 2 is 2.00 bits per heavy atom. The molecule has 5 nitrogen and oxygen atoms in total. The second kappa shape index (κ2) is 5.94. The number of carbonyl (C=O) groups excluding carboxylic acids is 1. The molecule has 1 fully saturated rings. The first-order valence-electron chi connectivity index (χ1n) is 6.29. The first-order valence-corrected chi connectivity index (χ1v) is 6.29. The third-order valence-electron chi connectivity index (χ3n) is 3.44. The van der Waals surface area contributed by atoms with Crippen molar-refractivity contribution >= 4 is 11.7 Å². The number of ether oxygens (including phenoxy) is 1. The van der Waals surface area contributed by atoms with Gasteiger partial charge in [-0.3, -0.25) is 10.1 Å². The largest absolute Gasteiger partial charge is 0.462 e. The number of nitro benzene ring substituents is 1. The van der Waals surface area contributed by atoms with E-state index in [1.807, 2.05) is 0 Å². The van der Waals surface area contributed by atoms with Gasteiger partial charge >= 0.3 is 5.97 Å². The standard InChI is InChI=1S/C13H13F2NO4/c14-10-6-9(12(16(18)19)7-11(10)15)13(17)20-5-4-8-2-1-3-8/h6-8H,1-5H2. The fourth-order valence-corrected chi connectivity index (χ4v) is 2.03. The monoisotopic (exact) mass is 285 g/mol. The lowest BCUT2D eigenvalue weighted by atomic mass is 9.83. The minimum absolute atomic E-state index is 0.125. The van der Waals surface area contributed by atoms with E-state index in [1.165, 1.54) is 0 Å². The zero-order chi connectivity index (χ0) is 14.7. The van der Waals surface area contributed by atoms with Crippen LogP contribution in [0.3, 0.4) is 0 Å². The Bertz CT molecular complexity index is 543. The van der Waals surface area contributed by atoms with E-state index < -0.39 is 33.8 Å². The molecule has 1 aliphatic rings. The van der Waals surface area contributed by atoms with E-state index >= 15 is 0 Å². The van der Waals surface area contributed by atoms with E-state index in [4.69, 9.17) is 4.74 Å². The van der Waals surface area contributed by atoms with Crippen molar-refractivity contribution in [1.29, 1.82) is 0 Å². The maximum atomic E-state index is 13.1. The fourth-order valence-electron chi connectivity index (χ4n) is 2.03. The number of carbonyl (C=O) groups is 1. The van der Waals surface area contributed by atoms with Gasteiger partial charge in [0.1, 0.15) is 5.56 Å². The van der Waals surface area contributed by atoms with Crippen molar-refractivity contribution < 1.29 is 23.2 Å². The molecule has 7 heteroatoms. The van der Waals surface area contributed by atoms with Crippen LogP contribution >= 0.6 is 0 Å². The number of nitrogens with zero attached hydrogens (tertiary/aromatic N) is 1. The summed E-state index contributed by atoms with van der Waals surface area (Å²) in [4.78, 5) is 21.5. The van der Waals surface area contributed by atoms with Crippen molar-refractivity contribution in [2.24, 2.45) is 5.92 Å². The summed E-state index contributed by atoms with van der Waals surface area (Å²) in [6.45, 7) is 0.125. The Balaban J connectivity index is 2.07. The fraction of sp³-hybridized carbons (Fsp3) is 0.462. The van der Waals surface area contributed by atoms with Crippen molar-refractivity contribution in [2.75, 3.05) is 6.61 Å². The van der Waals surface area contributed by atoms with Crippen molar-refractivity contribution in [3.8, 4) is 0 Å². The molecular formula is C13H13F2NO4. The number of halogens is 2. The van der Waals surface area contributed by atoms with Crippen LogP contribution in [0.5, 0.6) is 0 Å². The maximum absolute atomic E-state index is 13.1. The molecule has 108 valence electrons. The highest BCUT2D eigenvalue weighted by Crippen LogP contribution is 2.29. The molecule has 0 unspecified atom stereocenters. The van der Waals surface area contributed by atoms with Crippen molar-refractivity contribution in [3.63, 3.8) is 0 Å². The molecule has 0 atom stereocenters. The third-order valence-corrected chi connectivity index (χ3v) is 3.44. The molecule has 0 saturated heterocycles. The molecular weight excluding hydrogens is 272 g/mol. The van der Waals surface area contributed by atoms with Gasteiger partial charge in [-0.2, -0.15) is 0 Å². The van der Waals surface area contributed by atoms with Crippen LogP contribution in [0.2, 0.25) is 0 Å². The number of hydrogen-bond acceptors (Lipinski definition) is 4. The summed E-state index contributed by atoms with van der Waals surface area (Å²) in [6, 6.07) is 0.886. The van der Waals surface area contributed by atoms with Gasteiger partial charge in [0.2, 0.25) is 0 Å². The number of nitro groups is 1. The summed E-state index contributed by atoms with van der Waals surface area (Å²) in [5.74, 6) is -3.18. The van der Waals surface area contributed by atoms with E-state index in [-0.39, 0.29) is 6.61 Å². The Morgan fingerprint density at radius 3 is 2.55 bits per heavy atom. The van der Waals surface area contributed by atoms with Crippen LogP contribution in [0.25, 0.3) is 0 Å². The molecule has 20 heavy (non-hydrogen) atoms. The third kappa shape index (κ3) is 3.09. The van der Waals surface area contributed by atoms with Crippen LogP contribution in [0.15, 0.2) is 12.1 Å². The lowest BCUT2D eigenvalue weighted by Crippen LogP contribution is -2.16. The molecule has 1 aliphatic carbocycles. The van der Waals surface area contributed by atoms with Gasteiger partial charge in [0.05, 0.1) is 17.6 Å². The van der Waals surface area contributed by atoms with Gasteiger partial charge < -0.3 is 4.74 Å². The molecule has 0 bridgehead atoms. The van der Waals surface area contributed by atoms with E-state index in [9.17, 15) is 23.7 Å². The average Bonchev–Trinajstić information content (AvgIpc) is 2.34. The van der Waals surface area contributed by atoms with E-state index in [2.05, 4.69) is 0 Å². The highest BCUT2D eigenvalue weighted by molar-refractivity contribution is 5.93. The SMILES string of the molecule is O=C(OCCC1CCC1)c1cc(F)c(F)cc1[N+](=O)[O-]. The smallest absolute Gasteiger partial charge is 0.345 e. The Hall–Kier alpha value is -2.05. The molecule has 0 N–H and O–H groups in total. The Morgan fingerprint density at radius 1 is 1.35 bits per heavy atom. The van der Waals surface area contributed by atoms with Crippen LogP contribution in [0.4, 0.5) is 14.5 Å². The molecule has 0 radical (unpaired) electrons. The first kappa shape index (κ1) is 14.4. The molecule has 1 aromatic rings. The Kier molecular flexibility index (Phi) is 4.26. The summed E-state index contributed by atoms with van der Waals surface area (Å²) in [7, 11) is 0. The van der Waals surface area contributed by atoms with Gasteiger partial charge in [-0.1, -0.05) is 19.3 Å². The van der Waals surface area contributed by atoms with Crippen LogP contribution in [-0.2, 0) is 4.74 Å². The quantitative estimate of drug-likeness (QED) is 0.473. The topological polar surface area (TPSA) is 69.4 Å². The summed E-state index contributed by atoms with van der Waals surface area (Å²) in [5, 5.41) is 10.7. The molecule has 1 saturated carbocycles. The van der Waals surface area contributed by atoms with Crippen molar-refractivity contribution in [1.82, 2.24) is 0 Å². The molecule has 1 aromatic carbocycles. The lowest BCUT2D eigenvalue weighted by molar-refractivity contribution is -0.385. The number of rotatable bonds is 5. The zero-order valence-electron chi connectivity index (χ0n) is 10.6. The van der Waals surface area contributed by atoms with Gasteiger partial charge in [0.25, 0.3) is 5.69 Å². The van der Waals surface area contributed by atoms with E-state index in [1.54, 1.807) is 0 Å². The predicted octanol–water partition coefficient (Wildman–Crippen LogP) is 3.22. The molecule has 0 heterocycles. The van der Waals surface area contributed by atoms with Gasteiger partial charge in [-0.05, 0) is 18.4 Å². The lowest BCUT2D eigenvalue weighted by Gasteiger charge is -2.24. The van der Waals surface area contributed by atoms with Crippen LogP contribution < -0.4 is 0 Å². The predicted molar refractivity (Wildman–Crippen MR) is 65.3 cm³/mol. The molecule has 0 amide bonds. The van der Waals surface area contributed by atoms with Gasteiger partial charge in [-0.15, -0.1) is 0 Å². The second-order valence-electron chi connectivity index (χ2n) is 4.76. The summed E-state index contributed by atoms with van der Waals surface area (Å²) >= 11 is 0. The highest BCUT2D eigenvalue weighted by atomic mass is 19.2. The maximum Gasteiger partial charge on any atom is 0.345 e. The minimum Gasteiger partial charge on any atom is -0.462 e. The number of esters is 1. The van der Waals surface area contributed by atoms with Gasteiger partial charge in [0, 0.05) is 0 Å². The Labute approximate surface area is 113 Å². The summed E-state index contributed by atoms with van der Waals surface area (Å²) < 4.78 is 30.9. The molecule has 2 rings (SSSR count). The second-order valence-corrected chi connectivity index (χ2v) is 4.76. The van der Waals surface area contributed by atoms with Crippen molar-refractivity contribution in [3.05, 3.63) is 39.4 Å². The average molecular weight is 285 g/mol. The van der Waals surface area contributed by atoms with Crippen LogP contribution in [0.1, 0.15) is 36.0 Å². The van der Waals surface area contributed by atoms with Crippen LogP contribution in [0, 0.1) is 27.7 Å². The van der Waals surface area contributed by atoms with E-state index in [0.717, 1.165) is 19.3 Å². The van der Waals surface area contributed by atoms with E-state index in [0.29, 0.717) is 24.5 Å². The number of benzene rings is 1. The zero-order valence-corrected chi connectivity index (χ0v) is 10.6. The molecule has 0 aliphatic heterocycles. The van der Waals surface area contributed by atoms with Gasteiger partial charge in [-0.25, -0.2) is 13.6 Å². The molecule has 0 spiro atoms. The number of hydrogen-bond donors (Lipinski definition) is 0. The van der Waals surface area contributed by atoms with Gasteiger partial charge in [0.15, 0.2) is 11.6 Å². The van der Waals surface area contributed by atoms with Crippen molar-refractivity contribution in [2.45, 2.75) is 25.7 Å². The molecule has 0 aromatic heterocycles. The normalized spacial score (nSPS) is 14.7. The van der Waals surface area contributed by atoms with Crippen LogP contribution in [-0.4, -0.2) is 17.5 Å².